The lowest BCUT2D eigenvalue weighted by Crippen LogP contribution is -2.45. The molecular formula is C18H20BrNO4. The zero-order valence-electron chi connectivity index (χ0n) is 13.9. The first-order valence-corrected chi connectivity index (χ1v) is 8.45. The summed E-state index contributed by atoms with van der Waals surface area (Å²) in [6.07, 6.45) is 3.31. The second-order valence-corrected chi connectivity index (χ2v) is 7.51. The number of amides is 2. The maximum Gasteiger partial charge on any atom is 0.417 e. The summed E-state index contributed by atoms with van der Waals surface area (Å²) in [6.45, 7) is 5.22. The third-order valence-corrected chi connectivity index (χ3v) is 4.15. The van der Waals surface area contributed by atoms with Crippen LogP contribution in [0.5, 0.6) is 0 Å². The number of hydrogen-bond acceptors (Lipinski definition) is 4. The Morgan fingerprint density at radius 2 is 1.96 bits per heavy atom. The average Bonchev–Trinajstić information content (AvgIpc) is 2.86. The van der Waals surface area contributed by atoms with Gasteiger partial charge < -0.3 is 9.53 Å². The van der Waals surface area contributed by atoms with Gasteiger partial charge in [-0.1, -0.05) is 34.1 Å². The lowest BCUT2D eigenvalue weighted by molar-refractivity contribution is -0.126. The van der Waals surface area contributed by atoms with Crippen LogP contribution in [0.1, 0.15) is 38.7 Å². The van der Waals surface area contributed by atoms with Gasteiger partial charge in [-0.25, -0.2) is 9.69 Å². The van der Waals surface area contributed by atoms with Crippen LogP contribution in [0, 0.1) is 0 Å². The SMILES string of the molecule is CC(C)(C)OC(=O)N1C(=O)C=C[C@@H]1[C@@H](CC=O)c1ccc(Br)cc1. The van der Waals surface area contributed by atoms with Crippen LogP contribution in [-0.4, -0.2) is 34.8 Å². The van der Waals surface area contributed by atoms with Gasteiger partial charge in [0, 0.05) is 22.9 Å². The fourth-order valence-corrected chi connectivity index (χ4v) is 2.88. The van der Waals surface area contributed by atoms with Crippen molar-refractivity contribution in [1.82, 2.24) is 4.90 Å². The monoisotopic (exact) mass is 393 g/mol. The van der Waals surface area contributed by atoms with Crippen LogP contribution in [0.4, 0.5) is 4.79 Å². The molecule has 0 aliphatic carbocycles. The van der Waals surface area contributed by atoms with Crippen LogP contribution >= 0.6 is 15.9 Å². The summed E-state index contributed by atoms with van der Waals surface area (Å²) in [6, 6.07) is 6.94. The zero-order valence-corrected chi connectivity index (χ0v) is 15.4. The normalized spacial score (nSPS) is 18.6. The van der Waals surface area contributed by atoms with Gasteiger partial charge in [-0.2, -0.15) is 0 Å². The number of imide groups is 1. The summed E-state index contributed by atoms with van der Waals surface area (Å²) in [4.78, 5) is 36.8. The highest BCUT2D eigenvalue weighted by molar-refractivity contribution is 9.10. The van der Waals surface area contributed by atoms with Crippen molar-refractivity contribution in [2.45, 2.75) is 44.8 Å². The molecule has 1 aromatic rings. The number of benzene rings is 1. The first-order chi connectivity index (χ1) is 11.2. The van der Waals surface area contributed by atoms with Crippen molar-refractivity contribution in [3.05, 3.63) is 46.5 Å². The van der Waals surface area contributed by atoms with Crippen LogP contribution in [0.2, 0.25) is 0 Å². The fraction of sp³-hybridized carbons (Fsp3) is 0.389. The van der Waals surface area contributed by atoms with Gasteiger partial charge in [-0.05, 0) is 38.5 Å². The zero-order chi connectivity index (χ0) is 17.9. The van der Waals surface area contributed by atoms with E-state index in [0.29, 0.717) is 0 Å². The lowest BCUT2D eigenvalue weighted by Gasteiger charge is -2.31. The largest absolute Gasteiger partial charge is 0.443 e. The smallest absolute Gasteiger partial charge is 0.417 e. The maximum atomic E-state index is 12.4. The molecular weight excluding hydrogens is 374 g/mol. The van der Waals surface area contributed by atoms with Gasteiger partial charge in [-0.15, -0.1) is 0 Å². The molecule has 2 rings (SSSR count). The van der Waals surface area contributed by atoms with E-state index in [1.165, 1.54) is 6.08 Å². The molecule has 0 spiro atoms. The lowest BCUT2D eigenvalue weighted by atomic mass is 9.89. The highest BCUT2D eigenvalue weighted by atomic mass is 79.9. The molecule has 1 aliphatic rings. The van der Waals surface area contributed by atoms with E-state index in [-0.39, 0.29) is 12.3 Å². The van der Waals surface area contributed by atoms with Crippen LogP contribution < -0.4 is 0 Å². The second kappa shape index (κ2) is 7.30. The summed E-state index contributed by atoms with van der Waals surface area (Å²) in [5.41, 5.74) is 0.172. The molecule has 0 saturated heterocycles. The second-order valence-electron chi connectivity index (χ2n) is 6.60. The molecule has 0 aromatic heterocycles. The topological polar surface area (TPSA) is 63.7 Å². The van der Waals surface area contributed by atoms with Crippen molar-refractivity contribution in [3.8, 4) is 0 Å². The van der Waals surface area contributed by atoms with Crippen molar-refractivity contribution in [1.29, 1.82) is 0 Å². The van der Waals surface area contributed by atoms with Crippen LogP contribution in [0.3, 0.4) is 0 Å². The van der Waals surface area contributed by atoms with E-state index in [1.807, 2.05) is 24.3 Å². The average molecular weight is 394 g/mol. The van der Waals surface area contributed by atoms with Gasteiger partial charge in [0.2, 0.25) is 0 Å². The van der Waals surface area contributed by atoms with Crippen molar-refractivity contribution < 1.29 is 19.1 Å². The van der Waals surface area contributed by atoms with Gasteiger partial charge in [-0.3, -0.25) is 4.79 Å². The third kappa shape index (κ3) is 4.32. The standard InChI is InChI=1S/C18H20BrNO4/c1-18(2,3)24-17(23)20-15(8-9-16(20)22)14(10-11-21)12-4-6-13(19)7-5-12/h4-9,11,14-15H,10H2,1-3H3/t14-,15+/m0/s1. The number of halogens is 1. The van der Waals surface area contributed by atoms with E-state index in [2.05, 4.69) is 15.9 Å². The number of rotatable bonds is 4. The Morgan fingerprint density at radius 1 is 1.33 bits per heavy atom. The highest BCUT2D eigenvalue weighted by Crippen LogP contribution is 2.32. The number of carbonyl (C=O) groups is 3. The number of carbonyl (C=O) groups excluding carboxylic acids is 3. The predicted molar refractivity (Wildman–Crippen MR) is 93.6 cm³/mol. The molecule has 0 bridgehead atoms. The maximum absolute atomic E-state index is 12.4. The Bertz CT molecular complexity index is 661. The van der Waals surface area contributed by atoms with Crippen LogP contribution in [-0.2, 0) is 14.3 Å². The third-order valence-electron chi connectivity index (χ3n) is 3.62. The van der Waals surface area contributed by atoms with Crippen LogP contribution in [0.15, 0.2) is 40.9 Å². The molecule has 2 amide bonds. The Morgan fingerprint density at radius 3 is 2.50 bits per heavy atom. The molecule has 128 valence electrons. The minimum Gasteiger partial charge on any atom is -0.443 e. The Kier molecular flexibility index (Phi) is 5.59. The first-order valence-electron chi connectivity index (χ1n) is 7.66. The molecule has 0 unspecified atom stereocenters. The molecule has 1 aromatic carbocycles. The number of ether oxygens (including phenoxy) is 1. The summed E-state index contributed by atoms with van der Waals surface area (Å²) in [5, 5.41) is 0. The van der Waals surface area contributed by atoms with E-state index in [9.17, 15) is 14.4 Å². The van der Waals surface area contributed by atoms with Gasteiger partial charge in [0.1, 0.15) is 11.9 Å². The number of hydrogen-bond donors (Lipinski definition) is 0. The fourth-order valence-electron chi connectivity index (χ4n) is 2.62. The van der Waals surface area contributed by atoms with Crippen molar-refractivity contribution in [2.24, 2.45) is 0 Å². The van der Waals surface area contributed by atoms with E-state index in [0.717, 1.165) is 21.2 Å². The van der Waals surface area contributed by atoms with Gasteiger partial charge >= 0.3 is 6.09 Å². The Balaban J connectivity index is 2.32. The minimum atomic E-state index is -0.706. The van der Waals surface area contributed by atoms with Gasteiger partial charge in [0.25, 0.3) is 5.91 Å². The number of nitrogens with zero attached hydrogens (tertiary/aromatic N) is 1. The molecule has 2 atom stereocenters. The Labute approximate surface area is 149 Å². The molecule has 24 heavy (non-hydrogen) atoms. The molecule has 0 saturated carbocycles. The minimum absolute atomic E-state index is 0.198. The summed E-state index contributed by atoms with van der Waals surface area (Å²) >= 11 is 3.37. The molecule has 0 N–H and O–H groups in total. The van der Waals surface area contributed by atoms with E-state index >= 15 is 0 Å². The quantitative estimate of drug-likeness (QED) is 0.729. The molecule has 6 heteroatoms. The van der Waals surface area contributed by atoms with Gasteiger partial charge in [0.05, 0.1) is 6.04 Å². The van der Waals surface area contributed by atoms with E-state index < -0.39 is 23.6 Å². The van der Waals surface area contributed by atoms with E-state index in [4.69, 9.17) is 4.74 Å². The van der Waals surface area contributed by atoms with Gasteiger partial charge in [0.15, 0.2) is 0 Å². The van der Waals surface area contributed by atoms with Crippen molar-refractivity contribution in [3.63, 3.8) is 0 Å². The molecule has 1 heterocycles. The first kappa shape index (κ1) is 18.4. The number of aldehydes is 1. The van der Waals surface area contributed by atoms with E-state index in [1.54, 1.807) is 26.8 Å². The molecule has 0 radical (unpaired) electrons. The predicted octanol–water partition coefficient (Wildman–Crippen LogP) is 3.82. The Hall–Kier alpha value is -1.95. The molecule has 0 fully saturated rings. The highest BCUT2D eigenvalue weighted by Gasteiger charge is 2.39. The van der Waals surface area contributed by atoms with Crippen LogP contribution in [0.25, 0.3) is 0 Å². The van der Waals surface area contributed by atoms with Crippen molar-refractivity contribution in [2.75, 3.05) is 0 Å². The summed E-state index contributed by atoms with van der Waals surface area (Å²) in [7, 11) is 0. The summed E-state index contributed by atoms with van der Waals surface area (Å²) < 4.78 is 6.25. The van der Waals surface area contributed by atoms with Crippen molar-refractivity contribution >= 4 is 34.2 Å². The molecule has 5 nitrogen and oxygen atoms in total. The molecule has 1 aliphatic heterocycles. The summed E-state index contributed by atoms with van der Waals surface area (Å²) in [5.74, 6) is -0.743.